The zero-order valence-electron chi connectivity index (χ0n) is 17.1. The van der Waals surface area contributed by atoms with E-state index in [2.05, 4.69) is 10.6 Å². The number of rotatable bonds is 7. The highest BCUT2D eigenvalue weighted by molar-refractivity contribution is 7.92. The maximum absolute atomic E-state index is 12.8. The molecule has 0 saturated heterocycles. The van der Waals surface area contributed by atoms with Crippen LogP contribution in [0.1, 0.15) is 22.7 Å². The number of anilines is 1. The molecule has 0 fully saturated rings. The van der Waals surface area contributed by atoms with Gasteiger partial charge in [-0.05, 0) is 29.2 Å². The summed E-state index contributed by atoms with van der Waals surface area (Å²) in [6.07, 6.45) is 0.707. The van der Waals surface area contributed by atoms with Gasteiger partial charge < -0.3 is 10.6 Å². The second-order valence-electron chi connectivity index (χ2n) is 7.42. The molecule has 0 aliphatic carbocycles. The van der Waals surface area contributed by atoms with Gasteiger partial charge in [-0.1, -0.05) is 78.9 Å². The Morgan fingerprint density at radius 3 is 2.10 bits per heavy atom. The third kappa shape index (κ3) is 4.88. The van der Waals surface area contributed by atoms with E-state index in [1.807, 2.05) is 84.9 Å². The van der Waals surface area contributed by atoms with Crippen LogP contribution in [0.4, 0.5) is 10.5 Å². The van der Waals surface area contributed by atoms with E-state index in [4.69, 9.17) is 0 Å². The lowest BCUT2D eigenvalue weighted by atomic mass is 9.99. The Morgan fingerprint density at radius 1 is 0.871 bits per heavy atom. The van der Waals surface area contributed by atoms with Crippen molar-refractivity contribution in [1.82, 2.24) is 10.6 Å². The molecule has 160 valence electrons. The number of benzene rings is 3. The fraction of sp³-hybridized carbons (Fsp3) is 0.208. The van der Waals surface area contributed by atoms with Crippen molar-refractivity contribution in [3.8, 4) is 0 Å². The fourth-order valence-electron chi connectivity index (χ4n) is 3.83. The highest BCUT2D eigenvalue weighted by Crippen LogP contribution is 2.29. The van der Waals surface area contributed by atoms with Crippen LogP contribution in [0.5, 0.6) is 0 Å². The summed E-state index contributed by atoms with van der Waals surface area (Å²) >= 11 is 0. The van der Waals surface area contributed by atoms with Crippen LogP contribution in [-0.4, -0.2) is 33.3 Å². The summed E-state index contributed by atoms with van der Waals surface area (Å²) in [7, 11) is -3.51. The standard InChI is InChI=1S/C24H25N3O3S/c28-24(26-23(20-10-3-1-4-11-20)21-12-5-2-6-13-21)25-16-18-31(29,30)27-17-15-19-9-7-8-14-22(19)27/h1-14,23H,15-18H2,(H2,25,26,28). The van der Waals surface area contributed by atoms with Crippen molar-refractivity contribution in [1.29, 1.82) is 0 Å². The fourth-order valence-corrected chi connectivity index (χ4v) is 5.26. The van der Waals surface area contributed by atoms with E-state index in [1.165, 1.54) is 4.31 Å². The van der Waals surface area contributed by atoms with Crippen LogP contribution in [0.25, 0.3) is 0 Å². The van der Waals surface area contributed by atoms with Gasteiger partial charge in [-0.25, -0.2) is 13.2 Å². The van der Waals surface area contributed by atoms with Crippen molar-refractivity contribution in [2.45, 2.75) is 12.5 Å². The number of fused-ring (bicyclic) bond motifs is 1. The minimum Gasteiger partial charge on any atom is -0.337 e. The Hall–Kier alpha value is -3.32. The van der Waals surface area contributed by atoms with Crippen LogP contribution in [0, 0.1) is 0 Å². The molecule has 0 atom stereocenters. The summed E-state index contributed by atoms with van der Waals surface area (Å²) in [5.41, 5.74) is 3.67. The molecular weight excluding hydrogens is 410 g/mol. The minimum atomic E-state index is -3.51. The topological polar surface area (TPSA) is 78.5 Å². The number of nitrogens with zero attached hydrogens (tertiary/aromatic N) is 1. The molecule has 1 aliphatic rings. The molecule has 2 amide bonds. The lowest BCUT2D eigenvalue weighted by Gasteiger charge is -2.21. The second kappa shape index (κ2) is 9.22. The third-order valence-electron chi connectivity index (χ3n) is 5.37. The normalized spacial score (nSPS) is 13.1. The minimum absolute atomic E-state index is 0.0309. The average Bonchev–Trinajstić information content (AvgIpc) is 3.24. The molecule has 1 aliphatic heterocycles. The molecule has 3 aromatic rings. The van der Waals surface area contributed by atoms with Crippen LogP contribution in [0.15, 0.2) is 84.9 Å². The largest absolute Gasteiger partial charge is 0.337 e. The zero-order valence-corrected chi connectivity index (χ0v) is 17.9. The number of amides is 2. The van der Waals surface area contributed by atoms with Gasteiger partial charge in [0.05, 0.1) is 17.5 Å². The molecular formula is C24H25N3O3S. The highest BCUT2D eigenvalue weighted by atomic mass is 32.2. The molecule has 7 heteroatoms. The van der Waals surface area contributed by atoms with Gasteiger partial charge >= 0.3 is 6.03 Å². The van der Waals surface area contributed by atoms with Gasteiger partial charge in [0, 0.05) is 13.1 Å². The molecule has 1 heterocycles. The van der Waals surface area contributed by atoms with Crippen LogP contribution in [-0.2, 0) is 16.4 Å². The van der Waals surface area contributed by atoms with Crippen molar-refractivity contribution in [2.75, 3.05) is 23.1 Å². The summed E-state index contributed by atoms with van der Waals surface area (Å²) < 4.78 is 27.0. The lowest BCUT2D eigenvalue weighted by Crippen LogP contribution is -2.42. The summed E-state index contributed by atoms with van der Waals surface area (Å²) in [6, 6.07) is 26.1. The number of sulfonamides is 1. The van der Waals surface area contributed by atoms with E-state index in [-0.39, 0.29) is 18.3 Å². The van der Waals surface area contributed by atoms with Crippen molar-refractivity contribution in [3.05, 3.63) is 102 Å². The highest BCUT2D eigenvalue weighted by Gasteiger charge is 2.28. The molecule has 31 heavy (non-hydrogen) atoms. The first-order chi connectivity index (χ1) is 15.0. The van der Waals surface area contributed by atoms with Crippen molar-refractivity contribution in [3.63, 3.8) is 0 Å². The predicted octanol–water partition coefficient (Wildman–Crippen LogP) is 3.47. The van der Waals surface area contributed by atoms with Crippen molar-refractivity contribution < 1.29 is 13.2 Å². The van der Waals surface area contributed by atoms with Gasteiger partial charge in [0.2, 0.25) is 10.0 Å². The SMILES string of the molecule is O=C(NCCS(=O)(=O)N1CCc2ccccc21)NC(c1ccccc1)c1ccccc1. The van der Waals surface area contributed by atoms with Crippen molar-refractivity contribution in [2.24, 2.45) is 0 Å². The third-order valence-corrected chi connectivity index (χ3v) is 7.14. The number of hydrogen-bond acceptors (Lipinski definition) is 3. The van der Waals surface area contributed by atoms with Crippen LogP contribution < -0.4 is 14.9 Å². The monoisotopic (exact) mass is 435 g/mol. The molecule has 2 N–H and O–H groups in total. The lowest BCUT2D eigenvalue weighted by molar-refractivity contribution is 0.239. The maximum atomic E-state index is 12.8. The predicted molar refractivity (Wildman–Crippen MR) is 123 cm³/mol. The van der Waals surface area contributed by atoms with E-state index in [0.29, 0.717) is 13.0 Å². The number of hydrogen-bond donors (Lipinski definition) is 2. The Kier molecular flexibility index (Phi) is 6.23. The van der Waals surface area contributed by atoms with Gasteiger partial charge in [-0.15, -0.1) is 0 Å². The summed E-state index contributed by atoms with van der Waals surface area (Å²) in [5.74, 6) is -0.157. The van der Waals surface area contributed by atoms with Gasteiger partial charge in [0.1, 0.15) is 0 Å². The summed E-state index contributed by atoms with van der Waals surface area (Å²) in [5, 5.41) is 5.66. The Morgan fingerprint density at radius 2 is 1.45 bits per heavy atom. The molecule has 0 unspecified atom stereocenters. The first kappa shape index (κ1) is 20.9. The van der Waals surface area contributed by atoms with Gasteiger partial charge in [-0.2, -0.15) is 0 Å². The van der Waals surface area contributed by atoms with Crippen LogP contribution in [0.3, 0.4) is 0 Å². The van der Waals surface area contributed by atoms with Crippen LogP contribution in [0.2, 0.25) is 0 Å². The number of carbonyl (C=O) groups excluding carboxylic acids is 1. The number of carbonyl (C=O) groups is 1. The quantitative estimate of drug-likeness (QED) is 0.597. The van der Waals surface area contributed by atoms with E-state index in [9.17, 15) is 13.2 Å². The number of urea groups is 1. The van der Waals surface area contributed by atoms with Gasteiger partial charge in [-0.3, -0.25) is 4.31 Å². The number of para-hydroxylation sites is 1. The molecule has 0 saturated carbocycles. The molecule has 0 radical (unpaired) electrons. The molecule has 0 aromatic heterocycles. The Labute approximate surface area is 183 Å². The van der Waals surface area contributed by atoms with E-state index < -0.39 is 16.1 Å². The maximum Gasteiger partial charge on any atom is 0.315 e. The Bertz CT molecular complexity index is 1100. The molecule has 6 nitrogen and oxygen atoms in total. The summed E-state index contributed by atoms with van der Waals surface area (Å²) in [6.45, 7) is 0.473. The summed E-state index contributed by atoms with van der Waals surface area (Å²) in [4.78, 5) is 12.6. The molecule has 3 aromatic carbocycles. The molecule has 4 rings (SSSR count). The smallest absolute Gasteiger partial charge is 0.315 e. The second-order valence-corrected chi connectivity index (χ2v) is 9.43. The van der Waals surface area contributed by atoms with Crippen LogP contribution >= 0.6 is 0 Å². The molecule has 0 spiro atoms. The van der Waals surface area contributed by atoms with Crippen molar-refractivity contribution >= 4 is 21.7 Å². The van der Waals surface area contributed by atoms with E-state index in [0.717, 1.165) is 22.4 Å². The van der Waals surface area contributed by atoms with Gasteiger partial charge in [0.15, 0.2) is 0 Å². The number of nitrogens with one attached hydrogen (secondary N) is 2. The van der Waals surface area contributed by atoms with Gasteiger partial charge in [0.25, 0.3) is 0 Å². The Balaban J connectivity index is 1.38. The molecule has 0 bridgehead atoms. The van der Waals surface area contributed by atoms with E-state index in [1.54, 1.807) is 0 Å². The zero-order chi connectivity index (χ0) is 21.7. The first-order valence-corrected chi connectivity index (χ1v) is 11.9. The first-order valence-electron chi connectivity index (χ1n) is 10.3. The average molecular weight is 436 g/mol. The van der Waals surface area contributed by atoms with E-state index >= 15 is 0 Å².